The van der Waals surface area contributed by atoms with Crippen LogP contribution in [0.4, 0.5) is 5.82 Å². The minimum Gasteiger partial charge on any atom is -0.493 e. The van der Waals surface area contributed by atoms with Crippen molar-refractivity contribution in [2.75, 3.05) is 11.8 Å². The summed E-state index contributed by atoms with van der Waals surface area (Å²) < 4.78 is 32.0. The summed E-state index contributed by atoms with van der Waals surface area (Å²) in [5.74, 6) is 0.552. The molecule has 0 amide bonds. The van der Waals surface area contributed by atoms with Gasteiger partial charge in [0.05, 0.1) is 12.0 Å². The van der Waals surface area contributed by atoms with Crippen molar-refractivity contribution in [3.63, 3.8) is 0 Å². The predicted octanol–water partition coefficient (Wildman–Crippen LogP) is 2.45. The SMILES string of the molecule is CCc1ccc(S(=O)(=O)Nc2ncccc2OC)cc1. The van der Waals surface area contributed by atoms with Crippen LogP contribution in [0.2, 0.25) is 0 Å². The number of hydrogen-bond acceptors (Lipinski definition) is 4. The van der Waals surface area contributed by atoms with Crippen LogP contribution in [0.5, 0.6) is 5.75 Å². The molecule has 1 aromatic carbocycles. The molecule has 0 aliphatic carbocycles. The Morgan fingerprint density at radius 2 is 1.90 bits per heavy atom. The van der Waals surface area contributed by atoms with E-state index in [2.05, 4.69) is 9.71 Å². The Labute approximate surface area is 118 Å². The van der Waals surface area contributed by atoms with Crippen molar-refractivity contribution in [3.8, 4) is 5.75 Å². The third-order valence-electron chi connectivity index (χ3n) is 2.86. The summed E-state index contributed by atoms with van der Waals surface area (Å²) >= 11 is 0. The number of hydrogen-bond donors (Lipinski definition) is 1. The quantitative estimate of drug-likeness (QED) is 0.919. The molecule has 1 aromatic heterocycles. The first-order valence-electron chi connectivity index (χ1n) is 6.17. The molecule has 0 atom stereocenters. The van der Waals surface area contributed by atoms with Crippen LogP contribution in [0.3, 0.4) is 0 Å². The molecule has 1 heterocycles. The second-order valence-electron chi connectivity index (χ2n) is 4.16. The highest BCUT2D eigenvalue weighted by molar-refractivity contribution is 7.92. The van der Waals surface area contributed by atoms with Crippen LogP contribution in [0.25, 0.3) is 0 Å². The number of sulfonamides is 1. The third-order valence-corrected chi connectivity index (χ3v) is 4.22. The number of nitrogens with one attached hydrogen (secondary N) is 1. The van der Waals surface area contributed by atoms with Gasteiger partial charge in [0.25, 0.3) is 10.0 Å². The average molecular weight is 292 g/mol. The Morgan fingerprint density at radius 3 is 2.50 bits per heavy atom. The van der Waals surface area contributed by atoms with E-state index in [1.165, 1.54) is 13.3 Å². The van der Waals surface area contributed by atoms with Crippen molar-refractivity contribution in [3.05, 3.63) is 48.2 Å². The monoisotopic (exact) mass is 292 g/mol. The van der Waals surface area contributed by atoms with Crippen molar-refractivity contribution in [2.24, 2.45) is 0 Å². The van der Waals surface area contributed by atoms with Crippen molar-refractivity contribution in [2.45, 2.75) is 18.2 Å². The second kappa shape index (κ2) is 5.92. The summed E-state index contributed by atoms with van der Waals surface area (Å²) in [7, 11) is -2.20. The van der Waals surface area contributed by atoms with Gasteiger partial charge in [-0.25, -0.2) is 13.4 Å². The molecule has 20 heavy (non-hydrogen) atoms. The maximum atomic E-state index is 12.3. The number of nitrogens with zero attached hydrogens (tertiary/aromatic N) is 1. The average Bonchev–Trinajstić information content (AvgIpc) is 2.47. The van der Waals surface area contributed by atoms with Gasteiger partial charge in [-0.1, -0.05) is 19.1 Å². The van der Waals surface area contributed by atoms with Crippen LogP contribution < -0.4 is 9.46 Å². The normalized spacial score (nSPS) is 11.1. The molecule has 6 heteroatoms. The van der Waals surface area contributed by atoms with Gasteiger partial charge in [-0.2, -0.15) is 0 Å². The molecule has 0 fully saturated rings. The highest BCUT2D eigenvalue weighted by Crippen LogP contribution is 2.23. The Morgan fingerprint density at radius 1 is 1.20 bits per heavy atom. The molecular weight excluding hydrogens is 276 g/mol. The van der Waals surface area contributed by atoms with Gasteiger partial charge in [0.15, 0.2) is 11.6 Å². The van der Waals surface area contributed by atoms with Gasteiger partial charge >= 0.3 is 0 Å². The van der Waals surface area contributed by atoms with Crippen LogP contribution in [0, 0.1) is 0 Å². The molecule has 0 saturated heterocycles. The molecule has 0 aliphatic rings. The number of benzene rings is 1. The number of methoxy groups -OCH3 is 1. The molecule has 0 radical (unpaired) electrons. The highest BCUT2D eigenvalue weighted by Gasteiger charge is 2.16. The summed E-state index contributed by atoms with van der Waals surface area (Å²) in [6.45, 7) is 2.01. The minimum absolute atomic E-state index is 0.176. The Kier molecular flexibility index (Phi) is 4.24. The lowest BCUT2D eigenvalue weighted by molar-refractivity contribution is 0.415. The number of ether oxygens (including phenoxy) is 1. The van der Waals surface area contributed by atoms with Crippen molar-refractivity contribution < 1.29 is 13.2 Å². The Hall–Kier alpha value is -2.08. The Bertz CT molecular complexity index is 682. The maximum absolute atomic E-state index is 12.3. The molecule has 0 bridgehead atoms. The largest absolute Gasteiger partial charge is 0.493 e. The van der Waals surface area contributed by atoms with Gasteiger partial charge in [0.2, 0.25) is 0 Å². The molecule has 2 aromatic rings. The molecule has 5 nitrogen and oxygen atoms in total. The zero-order valence-electron chi connectivity index (χ0n) is 11.3. The molecule has 2 rings (SSSR count). The van der Waals surface area contributed by atoms with Crippen molar-refractivity contribution in [1.29, 1.82) is 0 Å². The number of aryl methyl sites for hydroxylation is 1. The lowest BCUT2D eigenvalue weighted by Gasteiger charge is -2.10. The van der Waals surface area contributed by atoms with Crippen LogP contribution in [-0.2, 0) is 16.4 Å². The summed E-state index contributed by atoms with van der Waals surface area (Å²) in [4.78, 5) is 4.18. The fourth-order valence-corrected chi connectivity index (χ4v) is 2.74. The fourth-order valence-electron chi connectivity index (χ4n) is 1.72. The van der Waals surface area contributed by atoms with Crippen LogP contribution in [-0.4, -0.2) is 20.5 Å². The third kappa shape index (κ3) is 3.08. The summed E-state index contributed by atoms with van der Waals surface area (Å²) in [6, 6.07) is 10.1. The molecular formula is C14H16N2O3S. The van der Waals surface area contributed by atoms with Crippen molar-refractivity contribution in [1.82, 2.24) is 4.98 Å². The van der Waals surface area contributed by atoms with Gasteiger partial charge in [0, 0.05) is 6.20 Å². The van der Waals surface area contributed by atoms with Gasteiger partial charge in [-0.05, 0) is 36.2 Å². The molecule has 106 valence electrons. The first kappa shape index (κ1) is 14.3. The van der Waals surface area contributed by atoms with Gasteiger partial charge in [-0.3, -0.25) is 4.72 Å². The second-order valence-corrected chi connectivity index (χ2v) is 5.84. The van der Waals surface area contributed by atoms with E-state index in [0.717, 1.165) is 12.0 Å². The minimum atomic E-state index is -3.66. The van der Waals surface area contributed by atoms with E-state index in [1.807, 2.05) is 6.92 Å². The fraction of sp³-hybridized carbons (Fsp3) is 0.214. The van der Waals surface area contributed by atoms with E-state index in [1.54, 1.807) is 36.4 Å². The molecule has 0 aliphatic heterocycles. The summed E-state index contributed by atoms with van der Waals surface area (Å²) in [6.07, 6.45) is 2.36. The first-order valence-corrected chi connectivity index (χ1v) is 7.66. The lowest BCUT2D eigenvalue weighted by Crippen LogP contribution is -2.14. The number of aromatic nitrogens is 1. The lowest BCUT2D eigenvalue weighted by atomic mass is 10.2. The van der Waals surface area contributed by atoms with E-state index in [9.17, 15) is 8.42 Å². The van der Waals surface area contributed by atoms with E-state index < -0.39 is 10.0 Å². The van der Waals surface area contributed by atoms with Gasteiger partial charge < -0.3 is 4.74 Å². The zero-order valence-corrected chi connectivity index (χ0v) is 12.1. The van der Waals surface area contributed by atoms with E-state index >= 15 is 0 Å². The van der Waals surface area contributed by atoms with Crippen LogP contribution in [0.1, 0.15) is 12.5 Å². The van der Waals surface area contributed by atoms with Crippen LogP contribution in [0.15, 0.2) is 47.5 Å². The standard InChI is InChI=1S/C14H16N2O3S/c1-3-11-6-8-12(9-7-11)20(17,18)16-14-13(19-2)5-4-10-15-14/h4-10H,3H2,1-2H3,(H,15,16). The van der Waals surface area contributed by atoms with Crippen LogP contribution >= 0.6 is 0 Å². The molecule has 0 unspecified atom stereocenters. The van der Waals surface area contributed by atoms with E-state index in [4.69, 9.17) is 4.74 Å². The topological polar surface area (TPSA) is 68.3 Å². The predicted molar refractivity (Wildman–Crippen MR) is 77.4 cm³/mol. The smallest absolute Gasteiger partial charge is 0.263 e. The zero-order chi connectivity index (χ0) is 14.6. The summed E-state index contributed by atoms with van der Waals surface area (Å²) in [5, 5.41) is 0. The van der Waals surface area contributed by atoms with E-state index in [-0.39, 0.29) is 10.7 Å². The number of pyridine rings is 1. The molecule has 0 spiro atoms. The molecule has 0 saturated carbocycles. The van der Waals surface area contributed by atoms with Crippen molar-refractivity contribution >= 4 is 15.8 Å². The van der Waals surface area contributed by atoms with Gasteiger partial charge in [0.1, 0.15) is 0 Å². The molecule has 1 N–H and O–H groups in total. The summed E-state index contributed by atoms with van der Waals surface area (Å²) in [5.41, 5.74) is 1.08. The first-order chi connectivity index (χ1) is 9.56. The van der Waals surface area contributed by atoms with Gasteiger partial charge in [-0.15, -0.1) is 0 Å². The Balaban J connectivity index is 2.30. The van der Waals surface area contributed by atoms with E-state index in [0.29, 0.717) is 5.75 Å². The maximum Gasteiger partial charge on any atom is 0.263 e. The highest BCUT2D eigenvalue weighted by atomic mass is 32.2. The number of rotatable bonds is 5. The number of anilines is 1.